The topological polar surface area (TPSA) is 78.4 Å². The molecule has 0 spiro atoms. The lowest BCUT2D eigenvalue weighted by atomic mass is 9.43. The predicted molar refractivity (Wildman–Crippen MR) is 188 cm³/mol. The second-order valence-corrected chi connectivity index (χ2v) is 15.0. The molecule has 48 heavy (non-hydrogen) atoms. The lowest BCUT2D eigenvalue weighted by Gasteiger charge is -2.64. The van der Waals surface area contributed by atoms with Gasteiger partial charge in [-0.3, -0.25) is 4.79 Å². The van der Waals surface area contributed by atoms with Crippen LogP contribution >= 0.6 is 0 Å². The summed E-state index contributed by atoms with van der Waals surface area (Å²) in [6.45, 7) is 7.16. The molecule has 4 aromatic carbocycles. The average Bonchev–Trinajstić information content (AvgIpc) is 3.69. The normalized spacial score (nSPS) is 28.9. The number of benzene rings is 4. The number of carbonyl (C=O) groups excluding carboxylic acids is 1. The van der Waals surface area contributed by atoms with Gasteiger partial charge in [0.25, 0.3) is 5.91 Å². The number of amides is 1. The van der Waals surface area contributed by atoms with Crippen LogP contribution in [0.3, 0.4) is 0 Å². The summed E-state index contributed by atoms with van der Waals surface area (Å²) >= 11 is 0. The standard InChI is InChI=1S/C40H43BN2O5/c1-38(2)30-22-34(38)39(3)35(23-30)46-41(47-39)36(21-27-13-6-4-7-14-27)42-37(44)40(24-28-15-8-5-9-16-28)25-31(43-48-40)26-45-33-20-12-18-29-17-10-11-19-32(29)33/h4-20,30,34-36H,21-26H2,1-3H3,(H,42,44)/t30-,34-,35+,36-,39-,40?/m0/s1. The van der Waals surface area contributed by atoms with Crippen molar-refractivity contribution in [2.75, 3.05) is 6.61 Å². The van der Waals surface area contributed by atoms with E-state index in [4.69, 9.17) is 18.9 Å². The first kappa shape index (κ1) is 31.2. The molecule has 3 saturated carbocycles. The predicted octanol–water partition coefficient (Wildman–Crippen LogP) is 6.97. The largest absolute Gasteiger partial charge is 0.487 e. The molecule has 5 aliphatic rings. The highest BCUT2D eigenvalue weighted by molar-refractivity contribution is 6.48. The minimum atomic E-state index is -1.24. The SMILES string of the molecule is CC1(C)[C@@H]2C[C@H]3OB([C@H](Cc4ccccc4)NC(=O)C4(Cc5ccccc5)CC(COc5cccc6ccccc56)=NO4)O[C@@]3(C)[C@H]1C2. The fourth-order valence-electron chi connectivity index (χ4n) is 8.78. The molecule has 2 bridgehead atoms. The van der Waals surface area contributed by atoms with E-state index < -0.39 is 18.7 Å². The molecule has 246 valence electrons. The molecule has 1 saturated heterocycles. The maximum absolute atomic E-state index is 14.6. The minimum Gasteiger partial charge on any atom is -0.487 e. The van der Waals surface area contributed by atoms with Crippen LogP contribution in [0, 0.1) is 17.3 Å². The quantitative estimate of drug-likeness (QED) is 0.189. The van der Waals surface area contributed by atoms with Crippen molar-refractivity contribution < 1.29 is 23.7 Å². The molecule has 3 aliphatic carbocycles. The third-order valence-corrected chi connectivity index (χ3v) is 11.6. The smallest absolute Gasteiger partial charge is 0.482 e. The van der Waals surface area contributed by atoms with E-state index in [1.54, 1.807) is 0 Å². The number of nitrogens with zero attached hydrogens (tertiary/aromatic N) is 1. The number of hydrogen-bond acceptors (Lipinski definition) is 6. The van der Waals surface area contributed by atoms with Gasteiger partial charge in [-0.15, -0.1) is 0 Å². The summed E-state index contributed by atoms with van der Waals surface area (Å²) in [7, 11) is -0.579. The molecule has 7 nitrogen and oxygen atoms in total. The second-order valence-electron chi connectivity index (χ2n) is 15.0. The van der Waals surface area contributed by atoms with Crippen molar-refractivity contribution in [1.82, 2.24) is 5.32 Å². The summed E-state index contributed by atoms with van der Waals surface area (Å²) in [6, 6.07) is 34.3. The molecule has 2 heterocycles. The van der Waals surface area contributed by atoms with E-state index in [1.165, 1.54) is 6.42 Å². The van der Waals surface area contributed by atoms with Gasteiger partial charge in [-0.2, -0.15) is 0 Å². The molecular weight excluding hydrogens is 599 g/mol. The van der Waals surface area contributed by atoms with Crippen molar-refractivity contribution in [2.45, 2.75) is 76.1 Å². The van der Waals surface area contributed by atoms with E-state index in [2.05, 4.69) is 55.5 Å². The number of ether oxygens (including phenoxy) is 1. The van der Waals surface area contributed by atoms with Crippen molar-refractivity contribution in [3.05, 3.63) is 114 Å². The van der Waals surface area contributed by atoms with E-state index >= 15 is 0 Å². The van der Waals surface area contributed by atoms with Crippen molar-refractivity contribution in [1.29, 1.82) is 0 Å². The Bertz CT molecular complexity index is 1830. The molecule has 1 amide bonds. The number of hydrogen-bond donors (Lipinski definition) is 1. The van der Waals surface area contributed by atoms with Gasteiger partial charge in [0.2, 0.25) is 5.60 Å². The molecular formula is C40H43BN2O5. The summed E-state index contributed by atoms with van der Waals surface area (Å²) in [5, 5.41) is 9.97. The molecule has 4 fully saturated rings. The molecule has 6 atom stereocenters. The first-order valence-electron chi connectivity index (χ1n) is 17.3. The third-order valence-electron chi connectivity index (χ3n) is 11.6. The van der Waals surface area contributed by atoms with Crippen LogP contribution in [0.25, 0.3) is 10.8 Å². The van der Waals surface area contributed by atoms with Crippen LogP contribution in [0.4, 0.5) is 0 Å². The number of rotatable bonds is 10. The van der Waals surface area contributed by atoms with Gasteiger partial charge in [-0.05, 0) is 66.0 Å². The lowest BCUT2D eigenvalue weighted by molar-refractivity contribution is -0.199. The highest BCUT2D eigenvalue weighted by Gasteiger charge is 2.68. The zero-order valence-corrected chi connectivity index (χ0v) is 27.9. The van der Waals surface area contributed by atoms with Gasteiger partial charge in [-0.25, -0.2) is 0 Å². The summed E-state index contributed by atoms with van der Waals surface area (Å²) in [4.78, 5) is 20.8. The molecule has 0 aromatic heterocycles. The van der Waals surface area contributed by atoms with Gasteiger partial charge < -0.3 is 24.2 Å². The molecule has 1 unspecified atom stereocenters. The van der Waals surface area contributed by atoms with Crippen LogP contribution < -0.4 is 10.1 Å². The van der Waals surface area contributed by atoms with Crippen molar-refractivity contribution in [3.63, 3.8) is 0 Å². The van der Waals surface area contributed by atoms with Crippen LogP contribution in [0.15, 0.2) is 108 Å². The summed E-state index contributed by atoms with van der Waals surface area (Å²) in [5.41, 5.74) is 1.37. The van der Waals surface area contributed by atoms with Crippen LogP contribution in [-0.4, -0.2) is 48.6 Å². The molecule has 0 radical (unpaired) electrons. The molecule has 8 heteroatoms. The van der Waals surface area contributed by atoms with Crippen LogP contribution in [0.1, 0.15) is 51.2 Å². The Labute approximate surface area is 283 Å². The van der Waals surface area contributed by atoms with Gasteiger partial charge >= 0.3 is 7.12 Å². The molecule has 1 N–H and O–H groups in total. The van der Waals surface area contributed by atoms with E-state index in [9.17, 15) is 4.79 Å². The summed E-state index contributed by atoms with van der Waals surface area (Å²) in [5.74, 6) is 1.18. The van der Waals surface area contributed by atoms with Crippen LogP contribution in [-0.2, 0) is 31.8 Å². The fourth-order valence-corrected chi connectivity index (χ4v) is 8.78. The van der Waals surface area contributed by atoms with Gasteiger partial charge in [0, 0.05) is 18.2 Å². The fraction of sp³-hybridized carbons (Fsp3) is 0.400. The van der Waals surface area contributed by atoms with E-state index in [0.717, 1.165) is 34.1 Å². The van der Waals surface area contributed by atoms with E-state index in [-0.39, 0.29) is 29.6 Å². The van der Waals surface area contributed by atoms with Gasteiger partial charge in [0.15, 0.2) is 0 Å². The highest BCUT2D eigenvalue weighted by Crippen LogP contribution is 2.65. The first-order chi connectivity index (χ1) is 23.2. The Morgan fingerprint density at radius 2 is 1.62 bits per heavy atom. The molecule has 4 aromatic rings. The zero-order valence-electron chi connectivity index (χ0n) is 27.9. The average molecular weight is 643 g/mol. The monoisotopic (exact) mass is 642 g/mol. The van der Waals surface area contributed by atoms with E-state index in [0.29, 0.717) is 36.8 Å². The number of fused-ring (bicyclic) bond motifs is 1. The number of nitrogens with one attached hydrogen (secondary N) is 1. The Hall–Kier alpha value is -4.14. The van der Waals surface area contributed by atoms with Gasteiger partial charge in [0.05, 0.1) is 23.4 Å². The Balaban J connectivity index is 1.04. The lowest BCUT2D eigenvalue weighted by Crippen LogP contribution is -2.65. The number of oxime groups is 1. The second kappa shape index (κ2) is 12.1. The third kappa shape index (κ3) is 5.49. The Morgan fingerprint density at radius 3 is 2.40 bits per heavy atom. The Kier molecular flexibility index (Phi) is 7.84. The Morgan fingerprint density at radius 1 is 0.917 bits per heavy atom. The van der Waals surface area contributed by atoms with Gasteiger partial charge in [-0.1, -0.05) is 116 Å². The number of carbonyl (C=O) groups is 1. The van der Waals surface area contributed by atoms with Crippen molar-refractivity contribution >= 4 is 29.5 Å². The highest BCUT2D eigenvalue weighted by atomic mass is 16.7. The maximum Gasteiger partial charge on any atom is 0.482 e. The molecule has 2 aliphatic heterocycles. The zero-order chi connectivity index (χ0) is 32.9. The summed E-state index contributed by atoms with van der Waals surface area (Å²) in [6.07, 6.45) is 3.40. The van der Waals surface area contributed by atoms with Gasteiger partial charge in [0.1, 0.15) is 12.4 Å². The first-order valence-corrected chi connectivity index (χ1v) is 17.3. The van der Waals surface area contributed by atoms with Crippen LogP contribution in [0.5, 0.6) is 5.75 Å². The minimum absolute atomic E-state index is 0.0108. The summed E-state index contributed by atoms with van der Waals surface area (Å²) < 4.78 is 19.9. The maximum atomic E-state index is 14.6. The molecule has 9 rings (SSSR count). The van der Waals surface area contributed by atoms with E-state index in [1.807, 2.05) is 78.9 Å². The van der Waals surface area contributed by atoms with Crippen molar-refractivity contribution in [2.24, 2.45) is 22.4 Å². The van der Waals surface area contributed by atoms with Crippen LogP contribution in [0.2, 0.25) is 0 Å². The van der Waals surface area contributed by atoms with Crippen molar-refractivity contribution in [3.8, 4) is 5.75 Å².